The Balaban J connectivity index is 0.000000345. The van der Waals surface area contributed by atoms with Crippen molar-refractivity contribution in [3.05, 3.63) is 30.3 Å². The Morgan fingerprint density at radius 1 is 1.18 bits per heavy atom. The standard InChI is InChI=1S/C16H23N3O2.C2HF3O2/c20-12-4-11-18-13-19(14-5-2-1-3-6-14)16(15(18)21)7-9-17-10-8-16;3-2(4,5)1(6)7/h1-3,5-6,17,20H,4,7-13H2;(H,6,7). The van der Waals surface area contributed by atoms with E-state index in [2.05, 4.69) is 22.3 Å². The molecule has 1 amide bonds. The number of anilines is 1. The summed E-state index contributed by atoms with van der Waals surface area (Å²) in [5.74, 6) is -2.53. The number of hydrogen-bond donors (Lipinski definition) is 3. The molecule has 0 atom stereocenters. The summed E-state index contributed by atoms with van der Waals surface area (Å²) in [6.45, 7) is 3.15. The summed E-state index contributed by atoms with van der Waals surface area (Å²) in [5, 5.41) is 19.5. The highest BCUT2D eigenvalue weighted by atomic mass is 19.4. The predicted molar refractivity (Wildman–Crippen MR) is 95.7 cm³/mol. The Kier molecular flexibility index (Phi) is 7.25. The fraction of sp³-hybridized carbons (Fsp3) is 0.556. The Labute approximate surface area is 160 Å². The van der Waals surface area contributed by atoms with E-state index in [4.69, 9.17) is 15.0 Å². The molecule has 3 rings (SSSR count). The number of halogens is 3. The molecule has 0 aliphatic carbocycles. The van der Waals surface area contributed by atoms with E-state index in [0.29, 0.717) is 19.6 Å². The molecule has 2 saturated heterocycles. The number of piperidine rings is 1. The number of nitrogens with zero attached hydrogens (tertiary/aromatic N) is 2. The molecule has 0 saturated carbocycles. The summed E-state index contributed by atoms with van der Waals surface area (Å²) >= 11 is 0. The Morgan fingerprint density at radius 3 is 2.25 bits per heavy atom. The first kappa shape index (κ1) is 22.0. The van der Waals surface area contributed by atoms with Gasteiger partial charge in [0.25, 0.3) is 0 Å². The van der Waals surface area contributed by atoms with Gasteiger partial charge in [0.1, 0.15) is 5.54 Å². The van der Waals surface area contributed by atoms with Gasteiger partial charge < -0.3 is 25.3 Å². The number of aliphatic carboxylic acids is 1. The molecule has 10 heteroatoms. The lowest BCUT2D eigenvalue weighted by atomic mass is 9.86. The lowest BCUT2D eigenvalue weighted by Crippen LogP contribution is -2.55. The van der Waals surface area contributed by atoms with Crippen LogP contribution in [0.3, 0.4) is 0 Å². The maximum Gasteiger partial charge on any atom is 0.490 e. The van der Waals surface area contributed by atoms with E-state index in [1.165, 1.54) is 0 Å². The number of alkyl halides is 3. The van der Waals surface area contributed by atoms with E-state index in [-0.39, 0.29) is 12.5 Å². The summed E-state index contributed by atoms with van der Waals surface area (Å²) in [5.41, 5.74) is 0.710. The molecule has 1 aromatic carbocycles. The highest BCUT2D eigenvalue weighted by Gasteiger charge is 2.52. The molecule has 0 unspecified atom stereocenters. The first-order chi connectivity index (χ1) is 13.2. The van der Waals surface area contributed by atoms with Crippen LogP contribution in [0, 0.1) is 0 Å². The van der Waals surface area contributed by atoms with Crippen LogP contribution in [0.4, 0.5) is 18.9 Å². The van der Waals surface area contributed by atoms with E-state index >= 15 is 0 Å². The third kappa shape index (κ3) is 4.93. The van der Waals surface area contributed by atoms with Crippen LogP contribution in [0.15, 0.2) is 30.3 Å². The third-order valence-electron chi connectivity index (χ3n) is 4.84. The van der Waals surface area contributed by atoms with Gasteiger partial charge in [-0.15, -0.1) is 0 Å². The van der Waals surface area contributed by atoms with E-state index in [1.54, 1.807) is 0 Å². The first-order valence-corrected chi connectivity index (χ1v) is 8.96. The average molecular weight is 403 g/mol. The van der Waals surface area contributed by atoms with Gasteiger partial charge in [0, 0.05) is 18.8 Å². The highest BCUT2D eigenvalue weighted by molar-refractivity contribution is 5.93. The van der Waals surface area contributed by atoms with Crippen molar-refractivity contribution >= 4 is 17.6 Å². The van der Waals surface area contributed by atoms with Crippen LogP contribution < -0.4 is 10.2 Å². The average Bonchev–Trinajstić information content (AvgIpc) is 2.93. The van der Waals surface area contributed by atoms with Crippen molar-refractivity contribution in [3.8, 4) is 0 Å². The molecule has 0 radical (unpaired) electrons. The lowest BCUT2D eigenvalue weighted by Gasteiger charge is -2.40. The zero-order valence-electron chi connectivity index (χ0n) is 15.3. The number of benzene rings is 1. The number of aliphatic hydroxyl groups is 1. The number of nitrogens with one attached hydrogen (secondary N) is 1. The Bertz CT molecular complexity index is 664. The summed E-state index contributed by atoms with van der Waals surface area (Å²) in [4.78, 5) is 26.0. The summed E-state index contributed by atoms with van der Waals surface area (Å²) in [6, 6.07) is 10.2. The lowest BCUT2D eigenvalue weighted by molar-refractivity contribution is -0.192. The topological polar surface area (TPSA) is 93.1 Å². The van der Waals surface area contributed by atoms with Crippen LogP contribution in [-0.2, 0) is 9.59 Å². The zero-order valence-corrected chi connectivity index (χ0v) is 15.3. The molecule has 2 aliphatic rings. The van der Waals surface area contributed by atoms with Gasteiger partial charge in [-0.25, -0.2) is 4.79 Å². The molecule has 2 heterocycles. The second-order valence-electron chi connectivity index (χ2n) is 6.64. The van der Waals surface area contributed by atoms with Crippen molar-refractivity contribution in [2.24, 2.45) is 0 Å². The third-order valence-corrected chi connectivity index (χ3v) is 4.84. The van der Waals surface area contributed by atoms with Crippen molar-refractivity contribution in [1.82, 2.24) is 10.2 Å². The molecule has 156 valence electrons. The number of rotatable bonds is 4. The van der Waals surface area contributed by atoms with Gasteiger partial charge in [-0.05, 0) is 44.5 Å². The molecule has 3 N–H and O–H groups in total. The number of carbonyl (C=O) groups excluding carboxylic acids is 1. The number of para-hydroxylation sites is 1. The highest BCUT2D eigenvalue weighted by Crippen LogP contribution is 2.37. The van der Waals surface area contributed by atoms with Crippen molar-refractivity contribution in [1.29, 1.82) is 0 Å². The van der Waals surface area contributed by atoms with Crippen LogP contribution in [0.5, 0.6) is 0 Å². The van der Waals surface area contributed by atoms with E-state index in [9.17, 15) is 18.0 Å². The largest absolute Gasteiger partial charge is 0.490 e. The number of carbonyl (C=O) groups is 2. The molecule has 2 aliphatic heterocycles. The molecule has 0 aromatic heterocycles. The van der Waals surface area contributed by atoms with Gasteiger partial charge in [-0.1, -0.05) is 18.2 Å². The smallest absolute Gasteiger partial charge is 0.475 e. The summed E-state index contributed by atoms with van der Waals surface area (Å²) < 4.78 is 31.7. The zero-order chi connectivity index (χ0) is 20.8. The number of aliphatic hydroxyl groups excluding tert-OH is 1. The molecular weight excluding hydrogens is 379 g/mol. The molecule has 0 bridgehead atoms. The van der Waals surface area contributed by atoms with Gasteiger partial charge in [0.05, 0.1) is 6.67 Å². The SMILES string of the molecule is O=C(O)C(F)(F)F.O=C1N(CCCO)CN(c2ccccc2)C12CCNCC2. The van der Waals surface area contributed by atoms with Crippen LogP contribution in [-0.4, -0.2) is 71.6 Å². The fourth-order valence-electron chi connectivity index (χ4n) is 3.47. The van der Waals surface area contributed by atoms with Crippen molar-refractivity contribution in [3.63, 3.8) is 0 Å². The summed E-state index contributed by atoms with van der Waals surface area (Å²) in [6.07, 6.45) is -2.75. The molecule has 1 aromatic rings. The van der Waals surface area contributed by atoms with Crippen molar-refractivity contribution in [2.75, 3.05) is 37.8 Å². The minimum Gasteiger partial charge on any atom is -0.475 e. The number of carboxylic acid groups (broad SMARTS) is 1. The van der Waals surface area contributed by atoms with E-state index < -0.39 is 17.7 Å². The first-order valence-electron chi connectivity index (χ1n) is 8.96. The Hall–Kier alpha value is -2.33. The minimum absolute atomic E-state index is 0.129. The molecule has 1 spiro atoms. The van der Waals surface area contributed by atoms with Gasteiger partial charge in [0.2, 0.25) is 5.91 Å². The molecular formula is C18H24F3N3O4. The van der Waals surface area contributed by atoms with Crippen LogP contribution in [0.1, 0.15) is 19.3 Å². The number of hydrogen-bond acceptors (Lipinski definition) is 5. The van der Waals surface area contributed by atoms with Crippen LogP contribution >= 0.6 is 0 Å². The second kappa shape index (κ2) is 9.24. The Morgan fingerprint density at radius 2 is 1.75 bits per heavy atom. The monoisotopic (exact) mass is 403 g/mol. The van der Waals surface area contributed by atoms with Crippen LogP contribution in [0.2, 0.25) is 0 Å². The molecule has 2 fully saturated rings. The quantitative estimate of drug-likeness (QED) is 0.705. The normalized spacial score (nSPS) is 18.8. The summed E-state index contributed by atoms with van der Waals surface area (Å²) in [7, 11) is 0. The van der Waals surface area contributed by atoms with Crippen LogP contribution in [0.25, 0.3) is 0 Å². The number of amides is 1. The number of carboxylic acids is 1. The maximum absolute atomic E-state index is 12.9. The van der Waals surface area contributed by atoms with Gasteiger partial charge >= 0.3 is 12.1 Å². The van der Waals surface area contributed by atoms with E-state index in [1.807, 2.05) is 23.1 Å². The fourth-order valence-corrected chi connectivity index (χ4v) is 3.47. The van der Waals surface area contributed by atoms with Gasteiger partial charge in [-0.2, -0.15) is 13.2 Å². The molecule has 7 nitrogen and oxygen atoms in total. The molecule has 28 heavy (non-hydrogen) atoms. The second-order valence-corrected chi connectivity index (χ2v) is 6.64. The van der Waals surface area contributed by atoms with E-state index in [0.717, 1.165) is 31.6 Å². The predicted octanol–water partition coefficient (Wildman–Crippen LogP) is 1.43. The maximum atomic E-state index is 12.9. The van der Waals surface area contributed by atoms with Gasteiger partial charge in [-0.3, -0.25) is 4.79 Å². The van der Waals surface area contributed by atoms with Crippen molar-refractivity contribution < 1.29 is 33.0 Å². The minimum atomic E-state index is -5.08. The van der Waals surface area contributed by atoms with Crippen molar-refractivity contribution in [2.45, 2.75) is 31.0 Å². The van der Waals surface area contributed by atoms with Gasteiger partial charge in [0.15, 0.2) is 0 Å².